The number of aryl methyl sites for hydroxylation is 2. The van der Waals surface area contributed by atoms with Gasteiger partial charge in [0.15, 0.2) is 0 Å². The number of hydrogen-bond acceptors (Lipinski definition) is 4. The quantitative estimate of drug-likeness (QED) is 0.889. The largest absolute Gasteiger partial charge is 0.355 e. The van der Waals surface area contributed by atoms with E-state index in [0.29, 0.717) is 17.7 Å². The maximum absolute atomic E-state index is 12.5. The predicted molar refractivity (Wildman–Crippen MR) is 105 cm³/mol. The predicted octanol–water partition coefficient (Wildman–Crippen LogP) is 2.78. The van der Waals surface area contributed by atoms with Gasteiger partial charge < -0.3 is 10.2 Å². The summed E-state index contributed by atoms with van der Waals surface area (Å²) in [5.41, 5.74) is 3.42. The van der Waals surface area contributed by atoms with Gasteiger partial charge in [0.2, 0.25) is 0 Å². The zero-order valence-electron chi connectivity index (χ0n) is 15.9. The zero-order chi connectivity index (χ0) is 18.4. The van der Waals surface area contributed by atoms with Crippen LogP contribution in [0.25, 0.3) is 0 Å². The lowest BCUT2D eigenvalue weighted by Gasteiger charge is -2.27. The van der Waals surface area contributed by atoms with Crippen molar-refractivity contribution in [2.75, 3.05) is 24.5 Å². The first-order valence-corrected chi connectivity index (χ1v) is 10.2. The van der Waals surface area contributed by atoms with Crippen molar-refractivity contribution < 1.29 is 4.79 Å². The van der Waals surface area contributed by atoms with Crippen molar-refractivity contribution in [1.82, 2.24) is 15.3 Å². The molecule has 5 nitrogen and oxygen atoms in total. The van der Waals surface area contributed by atoms with E-state index in [9.17, 15) is 4.79 Å². The van der Waals surface area contributed by atoms with E-state index in [1.807, 2.05) is 6.07 Å². The molecule has 2 fully saturated rings. The first-order valence-electron chi connectivity index (χ1n) is 10.2. The van der Waals surface area contributed by atoms with E-state index in [2.05, 4.69) is 46.4 Å². The fourth-order valence-electron chi connectivity index (χ4n) is 4.89. The number of nitrogens with one attached hydrogen (secondary N) is 1. The second-order valence-electron chi connectivity index (χ2n) is 8.28. The highest BCUT2D eigenvalue weighted by Gasteiger charge is 2.58. The van der Waals surface area contributed by atoms with E-state index in [-0.39, 0.29) is 5.91 Å². The Labute approximate surface area is 160 Å². The first kappa shape index (κ1) is 16.7. The summed E-state index contributed by atoms with van der Waals surface area (Å²) < 4.78 is 0. The van der Waals surface area contributed by atoms with Gasteiger partial charge in [-0.2, -0.15) is 0 Å². The molecule has 3 heterocycles. The molecule has 1 N–H and O–H groups in total. The fraction of sp³-hybridized carbons (Fsp3) is 0.500. The van der Waals surface area contributed by atoms with E-state index in [1.165, 1.54) is 18.4 Å². The highest BCUT2D eigenvalue weighted by molar-refractivity contribution is 5.96. The maximum atomic E-state index is 12.5. The van der Waals surface area contributed by atoms with Crippen LogP contribution in [0.15, 0.2) is 30.3 Å². The van der Waals surface area contributed by atoms with Crippen LogP contribution in [0.1, 0.15) is 47.2 Å². The molecule has 1 saturated carbocycles. The summed E-state index contributed by atoms with van der Waals surface area (Å²) in [4.78, 5) is 24.5. The monoisotopic (exact) mass is 362 g/mol. The molecule has 2 atom stereocenters. The number of carbonyl (C=O) groups is 1. The van der Waals surface area contributed by atoms with Crippen molar-refractivity contribution in [2.24, 2.45) is 11.3 Å². The Morgan fingerprint density at radius 1 is 1.22 bits per heavy atom. The molecule has 0 bridgehead atoms. The molecular weight excluding hydrogens is 336 g/mol. The number of amides is 1. The van der Waals surface area contributed by atoms with E-state index in [1.54, 1.807) is 0 Å². The summed E-state index contributed by atoms with van der Waals surface area (Å²) in [5.74, 6) is 2.57. The minimum Gasteiger partial charge on any atom is -0.355 e. The molecule has 1 aromatic heterocycles. The lowest BCUT2D eigenvalue weighted by molar-refractivity contribution is 0.0940. The summed E-state index contributed by atoms with van der Waals surface area (Å²) in [5, 5.41) is 2.95. The zero-order valence-corrected chi connectivity index (χ0v) is 15.9. The Bertz CT molecular complexity index is 877. The summed E-state index contributed by atoms with van der Waals surface area (Å²) >= 11 is 0. The maximum Gasteiger partial charge on any atom is 0.270 e. The van der Waals surface area contributed by atoms with Gasteiger partial charge in [-0.3, -0.25) is 4.79 Å². The molecular formula is C22H26N4O. The molecule has 0 spiro atoms. The molecule has 0 radical (unpaired) electrons. The Morgan fingerprint density at radius 3 is 2.85 bits per heavy atom. The van der Waals surface area contributed by atoms with Crippen molar-refractivity contribution in [3.05, 3.63) is 53.0 Å². The van der Waals surface area contributed by atoms with Crippen LogP contribution in [0.2, 0.25) is 0 Å². The number of hydrogen-bond donors (Lipinski definition) is 1. The average molecular weight is 362 g/mol. The normalized spacial score (nSPS) is 25.7. The minimum absolute atomic E-state index is 0.0459. The van der Waals surface area contributed by atoms with Crippen LogP contribution < -0.4 is 10.2 Å². The lowest BCUT2D eigenvalue weighted by Crippen LogP contribution is -2.36. The summed E-state index contributed by atoms with van der Waals surface area (Å²) in [6, 6.07) is 10.4. The van der Waals surface area contributed by atoms with Gasteiger partial charge in [0.25, 0.3) is 5.91 Å². The molecule has 0 unspecified atom stereocenters. The highest BCUT2D eigenvalue weighted by Crippen LogP contribution is 2.60. The first-order chi connectivity index (χ1) is 13.2. The standard InChI is InChI=1S/C22H26N4O/c1-2-22-12-16(22)13-26(14-22)20-17-10-11-23-21(27)19(17)24-18(25-20)9-8-15-6-4-3-5-7-15/h3-7,16H,2,8-14H2,1H3,(H,23,27)/t16-,22+/m0/s1. The van der Waals surface area contributed by atoms with Crippen molar-refractivity contribution in [1.29, 1.82) is 0 Å². The molecule has 3 aliphatic rings. The Balaban J connectivity index is 1.46. The van der Waals surface area contributed by atoms with Gasteiger partial charge in [-0.1, -0.05) is 37.3 Å². The fourth-order valence-corrected chi connectivity index (χ4v) is 4.89. The summed E-state index contributed by atoms with van der Waals surface area (Å²) in [7, 11) is 0. The second-order valence-corrected chi connectivity index (χ2v) is 8.28. The van der Waals surface area contributed by atoms with Crippen molar-refractivity contribution in [3.63, 3.8) is 0 Å². The molecule has 1 aliphatic carbocycles. The molecule has 2 aliphatic heterocycles. The number of benzene rings is 1. The van der Waals surface area contributed by atoms with Gasteiger partial charge in [-0.25, -0.2) is 9.97 Å². The van der Waals surface area contributed by atoms with E-state index in [4.69, 9.17) is 4.98 Å². The molecule has 1 saturated heterocycles. The number of fused-ring (bicyclic) bond motifs is 2. The Morgan fingerprint density at radius 2 is 2.07 bits per heavy atom. The van der Waals surface area contributed by atoms with Gasteiger partial charge in [0.1, 0.15) is 17.3 Å². The number of anilines is 1. The van der Waals surface area contributed by atoms with Crippen LogP contribution in [0.5, 0.6) is 0 Å². The number of piperidine rings is 1. The Hall–Kier alpha value is -2.43. The number of rotatable bonds is 5. The van der Waals surface area contributed by atoms with Crippen LogP contribution in [0, 0.1) is 11.3 Å². The molecule has 5 rings (SSSR count). The van der Waals surface area contributed by atoms with E-state index in [0.717, 1.165) is 55.5 Å². The second kappa shape index (κ2) is 6.32. The molecule has 1 amide bonds. The smallest absolute Gasteiger partial charge is 0.270 e. The van der Waals surface area contributed by atoms with Crippen LogP contribution in [0.4, 0.5) is 5.82 Å². The van der Waals surface area contributed by atoms with Gasteiger partial charge >= 0.3 is 0 Å². The van der Waals surface area contributed by atoms with Gasteiger partial charge in [0, 0.05) is 31.6 Å². The van der Waals surface area contributed by atoms with Crippen molar-refractivity contribution >= 4 is 11.7 Å². The van der Waals surface area contributed by atoms with Gasteiger partial charge in [0.05, 0.1) is 0 Å². The van der Waals surface area contributed by atoms with Crippen molar-refractivity contribution in [3.8, 4) is 0 Å². The Kier molecular flexibility index (Phi) is 3.92. The van der Waals surface area contributed by atoms with E-state index >= 15 is 0 Å². The highest BCUT2D eigenvalue weighted by atomic mass is 16.1. The third-order valence-corrected chi connectivity index (χ3v) is 6.70. The van der Waals surface area contributed by atoms with Gasteiger partial charge in [-0.15, -0.1) is 0 Å². The third kappa shape index (κ3) is 2.89. The minimum atomic E-state index is -0.0459. The number of carbonyl (C=O) groups excluding carboxylic acids is 1. The lowest BCUT2D eigenvalue weighted by atomic mass is 10.0. The molecule has 27 heavy (non-hydrogen) atoms. The molecule has 140 valence electrons. The molecule has 5 heteroatoms. The van der Waals surface area contributed by atoms with Crippen molar-refractivity contribution in [2.45, 2.75) is 39.0 Å². The number of aromatic nitrogens is 2. The number of nitrogens with zero attached hydrogens (tertiary/aromatic N) is 3. The third-order valence-electron chi connectivity index (χ3n) is 6.70. The SMILES string of the molecule is CC[C@]12C[C@H]1CN(c1nc(CCc3ccccc3)nc3c1CCNC3=O)C2. The van der Waals surface area contributed by atoms with E-state index < -0.39 is 0 Å². The summed E-state index contributed by atoms with van der Waals surface area (Å²) in [6.45, 7) is 5.15. The van der Waals surface area contributed by atoms with Crippen LogP contribution in [-0.2, 0) is 19.3 Å². The molecule has 2 aromatic rings. The van der Waals surface area contributed by atoms with Crippen LogP contribution in [-0.4, -0.2) is 35.5 Å². The average Bonchev–Trinajstić information content (AvgIpc) is 3.27. The van der Waals surface area contributed by atoms with Crippen LogP contribution >= 0.6 is 0 Å². The molecule has 1 aromatic carbocycles. The van der Waals surface area contributed by atoms with Gasteiger partial charge in [-0.05, 0) is 42.6 Å². The topological polar surface area (TPSA) is 58.1 Å². The summed E-state index contributed by atoms with van der Waals surface area (Å²) in [6.07, 6.45) is 5.07. The van der Waals surface area contributed by atoms with Crippen LogP contribution in [0.3, 0.4) is 0 Å².